The van der Waals surface area contributed by atoms with Crippen LogP contribution in [-0.2, 0) is 23.7 Å². The van der Waals surface area contributed by atoms with Crippen molar-refractivity contribution in [3.63, 3.8) is 0 Å². The smallest absolute Gasteiger partial charge is 0.306 e. The lowest BCUT2D eigenvalue weighted by atomic mass is 10.1. The highest BCUT2D eigenvalue weighted by Gasteiger charge is 2.30. The molecule has 0 spiro atoms. The Balaban J connectivity index is 2.95. The Morgan fingerprint density at radius 2 is 1.94 bits per heavy atom. The molecule has 0 saturated heterocycles. The first-order valence-corrected chi connectivity index (χ1v) is 5.51. The third-order valence-corrected chi connectivity index (χ3v) is 2.47. The molecule has 7 heteroatoms. The molecule has 1 aromatic carbocycles. The van der Waals surface area contributed by atoms with Gasteiger partial charge in [-0.1, -0.05) is 0 Å². The number of aryl methyl sites for hydroxylation is 1. The number of hydrogen-bond donors (Lipinski definition) is 1. The zero-order chi connectivity index (χ0) is 12.3. The van der Waals surface area contributed by atoms with Crippen molar-refractivity contribution < 1.29 is 26.3 Å². The normalized spacial score (nSPS) is 13.8. The van der Waals surface area contributed by atoms with Gasteiger partial charge in [0.25, 0.3) is 0 Å². The summed E-state index contributed by atoms with van der Waals surface area (Å²) in [7, 11) is 0. The third-order valence-electron chi connectivity index (χ3n) is 1.92. The molecule has 1 aromatic rings. The summed E-state index contributed by atoms with van der Waals surface area (Å²) in [6.07, 6.45) is -4.75. The summed E-state index contributed by atoms with van der Waals surface area (Å²) in [4.78, 5) is 0. The molecule has 0 aliphatic rings. The van der Waals surface area contributed by atoms with E-state index in [1.54, 1.807) is 0 Å². The van der Waals surface area contributed by atoms with Crippen LogP contribution in [0.2, 0.25) is 0 Å². The molecule has 16 heavy (non-hydrogen) atoms. The maximum Gasteiger partial charge on any atom is 0.416 e. The molecule has 0 heterocycles. The van der Waals surface area contributed by atoms with Crippen LogP contribution in [0.4, 0.5) is 17.6 Å². The van der Waals surface area contributed by atoms with Crippen molar-refractivity contribution in [2.75, 3.05) is 5.75 Å². The van der Waals surface area contributed by atoms with Crippen LogP contribution < -0.4 is 0 Å². The highest BCUT2D eigenvalue weighted by Crippen LogP contribution is 2.30. The van der Waals surface area contributed by atoms with E-state index >= 15 is 0 Å². The van der Waals surface area contributed by atoms with E-state index < -0.39 is 28.6 Å². The van der Waals surface area contributed by atoms with E-state index in [1.165, 1.54) is 0 Å². The maximum absolute atomic E-state index is 13.1. The third kappa shape index (κ3) is 3.57. The Labute approximate surface area is 91.6 Å². The molecule has 0 bridgehead atoms. The van der Waals surface area contributed by atoms with Crippen molar-refractivity contribution in [3.8, 4) is 0 Å². The maximum atomic E-state index is 13.1. The minimum Gasteiger partial charge on any atom is -0.306 e. The van der Waals surface area contributed by atoms with Crippen molar-refractivity contribution in [2.45, 2.75) is 12.6 Å². The Hall–Kier alpha value is -0.950. The fraction of sp³-hybridized carbons (Fsp3) is 0.333. The number of benzene rings is 1. The van der Waals surface area contributed by atoms with Crippen LogP contribution >= 0.6 is 0 Å². The van der Waals surface area contributed by atoms with Crippen LogP contribution in [0, 0.1) is 5.82 Å². The molecule has 0 aliphatic carbocycles. The second-order valence-electron chi connectivity index (χ2n) is 3.08. The van der Waals surface area contributed by atoms with Gasteiger partial charge in [-0.05, 0) is 30.2 Å². The van der Waals surface area contributed by atoms with Gasteiger partial charge in [0.15, 0.2) is 11.1 Å². The quantitative estimate of drug-likeness (QED) is 0.666. The molecule has 1 rings (SSSR count). The summed E-state index contributed by atoms with van der Waals surface area (Å²) in [5.74, 6) is -1.10. The molecule has 1 N–H and O–H groups in total. The van der Waals surface area contributed by atoms with E-state index in [-0.39, 0.29) is 17.7 Å². The molecule has 90 valence electrons. The van der Waals surface area contributed by atoms with E-state index in [0.717, 1.165) is 0 Å². The van der Waals surface area contributed by atoms with Gasteiger partial charge < -0.3 is 4.55 Å². The van der Waals surface area contributed by atoms with E-state index in [1.807, 2.05) is 0 Å². The molecule has 0 aromatic heterocycles. The van der Waals surface area contributed by atoms with Crippen molar-refractivity contribution in [2.24, 2.45) is 0 Å². The molecular formula is C9H8F4O2S. The Bertz CT molecular complexity index is 403. The summed E-state index contributed by atoms with van der Waals surface area (Å²) in [6.45, 7) is 0. The van der Waals surface area contributed by atoms with E-state index in [0.29, 0.717) is 18.2 Å². The van der Waals surface area contributed by atoms with Crippen LogP contribution in [0.1, 0.15) is 11.1 Å². The number of halogens is 4. The molecule has 0 aliphatic heterocycles. The predicted molar refractivity (Wildman–Crippen MR) is 50.7 cm³/mol. The van der Waals surface area contributed by atoms with Crippen molar-refractivity contribution in [1.29, 1.82) is 0 Å². The standard InChI is InChI=1S/C9H8F4O2S/c10-8-2-1-7(9(11,12)13)5-6(8)3-4-16(14)15/h1-2,5H,3-4H2,(H,14,15). The molecule has 1 unspecified atom stereocenters. The Kier molecular flexibility index (Phi) is 4.03. The zero-order valence-corrected chi connectivity index (χ0v) is 8.74. The van der Waals surface area contributed by atoms with Gasteiger partial charge >= 0.3 is 6.18 Å². The molecular weight excluding hydrogens is 248 g/mol. The van der Waals surface area contributed by atoms with Gasteiger partial charge in [0.1, 0.15) is 5.82 Å². The average molecular weight is 256 g/mol. The van der Waals surface area contributed by atoms with E-state index in [4.69, 9.17) is 4.55 Å². The lowest BCUT2D eigenvalue weighted by Gasteiger charge is -2.09. The van der Waals surface area contributed by atoms with Gasteiger partial charge in [-0.25, -0.2) is 8.60 Å². The van der Waals surface area contributed by atoms with Crippen LogP contribution in [0.15, 0.2) is 18.2 Å². The fourth-order valence-electron chi connectivity index (χ4n) is 1.14. The average Bonchev–Trinajstić information content (AvgIpc) is 2.14. The SMILES string of the molecule is O=S(O)CCc1cc(C(F)(F)F)ccc1F. The second-order valence-corrected chi connectivity index (χ2v) is 4.13. The topological polar surface area (TPSA) is 37.3 Å². The van der Waals surface area contributed by atoms with Crippen LogP contribution in [0.5, 0.6) is 0 Å². The minimum atomic E-state index is -4.54. The summed E-state index contributed by atoms with van der Waals surface area (Å²) in [6, 6.07) is 2.00. The van der Waals surface area contributed by atoms with Gasteiger partial charge in [0.2, 0.25) is 0 Å². The highest BCUT2D eigenvalue weighted by atomic mass is 32.2. The lowest BCUT2D eigenvalue weighted by Crippen LogP contribution is -2.08. The van der Waals surface area contributed by atoms with Crippen molar-refractivity contribution in [1.82, 2.24) is 0 Å². The lowest BCUT2D eigenvalue weighted by molar-refractivity contribution is -0.137. The summed E-state index contributed by atoms with van der Waals surface area (Å²) in [5.41, 5.74) is -1.18. The van der Waals surface area contributed by atoms with Crippen molar-refractivity contribution >= 4 is 11.1 Å². The number of rotatable bonds is 3. The molecule has 1 atom stereocenters. The first-order valence-electron chi connectivity index (χ1n) is 4.24. The van der Waals surface area contributed by atoms with Gasteiger partial charge in [-0.15, -0.1) is 0 Å². The van der Waals surface area contributed by atoms with E-state index in [2.05, 4.69) is 0 Å². The molecule has 0 amide bonds. The number of hydrogen-bond acceptors (Lipinski definition) is 1. The van der Waals surface area contributed by atoms with Crippen LogP contribution in [0.3, 0.4) is 0 Å². The van der Waals surface area contributed by atoms with Gasteiger partial charge in [-0.3, -0.25) is 0 Å². The van der Waals surface area contributed by atoms with Crippen LogP contribution in [0.25, 0.3) is 0 Å². The Morgan fingerprint density at radius 3 is 2.44 bits per heavy atom. The van der Waals surface area contributed by atoms with E-state index in [9.17, 15) is 21.8 Å². The molecule has 0 saturated carbocycles. The monoisotopic (exact) mass is 256 g/mol. The first kappa shape index (κ1) is 13.1. The van der Waals surface area contributed by atoms with Crippen LogP contribution in [-0.4, -0.2) is 14.5 Å². The highest BCUT2D eigenvalue weighted by molar-refractivity contribution is 7.79. The zero-order valence-electron chi connectivity index (χ0n) is 7.92. The molecule has 0 radical (unpaired) electrons. The largest absolute Gasteiger partial charge is 0.416 e. The fourth-order valence-corrected chi connectivity index (χ4v) is 1.53. The summed E-state index contributed by atoms with van der Waals surface area (Å²) >= 11 is -2.15. The predicted octanol–water partition coefficient (Wildman–Crippen LogP) is 2.61. The summed E-state index contributed by atoms with van der Waals surface area (Å²) in [5, 5.41) is 0. The minimum absolute atomic E-state index is 0.209. The first-order chi connectivity index (χ1) is 7.30. The number of alkyl halides is 3. The molecule has 2 nitrogen and oxygen atoms in total. The second kappa shape index (κ2) is 4.92. The van der Waals surface area contributed by atoms with Gasteiger partial charge in [0, 0.05) is 0 Å². The van der Waals surface area contributed by atoms with Gasteiger partial charge in [-0.2, -0.15) is 13.2 Å². The Morgan fingerprint density at radius 1 is 1.31 bits per heavy atom. The molecule has 0 fully saturated rings. The van der Waals surface area contributed by atoms with Crippen molar-refractivity contribution in [3.05, 3.63) is 35.1 Å². The summed E-state index contributed by atoms with van der Waals surface area (Å²) < 4.78 is 68.7. The van der Waals surface area contributed by atoms with Gasteiger partial charge in [0.05, 0.1) is 11.3 Å².